The van der Waals surface area contributed by atoms with E-state index in [0.29, 0.717) is 0 Å². The molecule has 0 aliphatic heterocycles. The Labute approximate surface area is 108 Å². The predicted octanol–water partition coefficient (Wildman–Crippen LogP) is 3.18. The molecule has 2 nitrogen and oxygen atoms in total. The van der Waals surface area contributed by atoms with Crippen molar-refractivity contribution in [2.24, 2.45) is 0 Å². The van der Waals surface area contributed by atoms with Gasteiger partial charge in [-0.1, -0.05) is 0 Å². The van der Waals surface area contributed by atoms with Crippen molar-refractivity contribution in [1.82, 2.24) is 0 Å². The number of benzene rings is 2. The molecular weight excluding hydrogens is 257 g/mol. The molecule has 0 saturated heterocycles. The van der Waals surface area contributed by atoms with E-state index in [4.69, 9.17) is 9.84 Å². The summed E-state index contributed by atoms with van der Waals surface area (Å²) in [6.07, 6.45) is 0. The van der Waals surface area contributed by atoms with Gasteiger partial charge in [0.1, 0.15) is 29.8 Å². The van der Waals surface area contributed by atoms with Gasteiger partial charge in [0.15, 0.2) is 0 Å². The van der Waals surface area contributed by atoms with E-state index in [0.717, 1.165) is 30.3 Å². The van der Waals surface area contributed by atoms with Crippen molar-refractivity contribution in [3.63, 3.8) is 0 Å². The van der Waals surface area contributed by atoms with Crippen molar-refractivity contribution in [3.8, 4) is 5.75 Å². The highest BCUT2D eigenvalue weighted by Gasteiger charge is 2.08. The third kappa shape index (κ3) is 3.26. The summed E-state index contributed by atoms with van der Waals surface area (Å²) in [7, 11) is 0. The molecule has 19 heavy (non-hydrogen) atoms. The molecule has 0 bridgehead atoms. The van der Waals surface area contributed by atoms with Crippen LogP contribution in [0.1, 0.15) is 11.1 Å². The summed E-state index contributed by atoms with van der Waals surface area (Å²) in [5.74, 6) is -1.43. The van der Waals surface area contributed by atoms with Gasteiger partial charge < -0.3 is 9.84 Å². The smallest absolute Gasteiger partial charge is 0.130 e. The number of ether oxygens (including phenoxy) is 1. The summed E-state index contributed by atoms with van der Waals surface area (Å²) in [6, 6.07) is 6.66. The van der Waals surface area contributed by atoms with Crippen LogP contribution in [0.15, 0.2) is 36.4 Å². The van der Waals surface area contributed by atoms with Crippen molar-refractivity contribution in [1.29, 1.82) is 0 Å². The molecule has 0 radical (unpaired) electrons. The van der Waals surface area contributed by atoms with E-state index in [1.54, 1.807) is 0 Å². The van der Waals surface area contributed by atoms with Gasteiger partial charge in [-0.15, -0.1) is 0 Å². The first-order valence-corrected chi connectivity index (χ1v) is 5.56. The van der Waals surface area contributed by atoms with Crippen LogP contribution < -0.4 is 4.74 Å². The predicted molar refractivity (Wildman–Crippen MR) is 63.0 cm³/mol. The number of rotatable bonds is 4. The number of hydrogen-bond acceptors (Lipinski definition) is 2. The van der Waals surface area contributed by atoms with Gasteiger partial charge >= 0.3 is 0 Å². The van der Waals surface area contributed by atoms with Gasteiger partial charge in [0.05, 0.1) is 6.61 Å². The highest BCUT2D eigenvalue weighted by molar-refractivity contribution is 5.33. The fourth-order valence-electron chi connectivity index (χ4n) is 1.62. The Kier molecular flexibility index (Phi) is 4.06. The molecule has 0 amide bonds. The van der Waals surface area contributed by atoms with Crippen LogP contribution in [0.2, 0.25) is 0 Å². The van der Waals surface area contributed by atoms with E-state index in [9.17, 15) is 13.2 Å². The molecule has 0 unspecified atom stereocenters. The molecule has 5 heteroatoms. The zero-order chi connectivity index (χ0) is 13.8. The Morgan fingerprint density at radius 1 is 0.895 bits per heavy atom. The fraction of sp³-hybridized carbons (Fsp3) is 0.143. The lowest BCUT2D eigenvalue weighted by Gasteiger charge is -2.10. The second-order valence-electron chi connectivity index (χ2n) is 3.93. The lowest BCUT2D eigenvalue weighted by molar-refractivity contribution is 0.256. The maximum atomic E-state index is 13.4. The largest absolute Gasteiger partial charge is 0.488 e. The Hall–Kier alpha value is -2.01. The van der Waals surface area contributed by atoms with Gasteiger partial charge in [-0.3, -0.25) is 0 Å². The molecule has 0 heterocycles. The second-order valence-corrected chi connectivity index (χ2v) is 3.93. The topological polar surface area (TPSA) is 29.5 Å². The summed E-state index contributed by atoms with van der Waals surface area (Å²) in [5, 5.41) is 9.06. The van der Waals surface area contributed by atoms with Crippen LogP contribution in [0.25, 0.3) is 0 Å². The van der Waals surface area contributed by atoms with Crippen LogP contribution in [0.4, 0.5) is 13.2 Å². The van der Waals surface area contributed by atoms with Gasteiger partial charge in [0.2, 0.25) is 0 Å². The second kappa shape index (κ2) is 5.75. The lowest BCUT2D eigenvalue weighted by atomic mass is 10.2. The summed E-state index contributed by atoms with van der Waals surface area (Å²) >= 11 is 0. The molecule has 0 aliphatic rings. The van der Waals surface area contributed by atoms with E-state index >= 15 is 0 Å². The van der Waals surface area contributed by atoms with Crippen LogP contribution in [0.3, 0.4) is 0 Å². The van der Waals surface area contributed by atoms with Crippen molar-refractivity contribution < 1.29 is 23.0 Å². The van der Waals surface area contributed by atoms with Crippen LogP contribution in [-0.4, -0.2) is 5.11 Å². The third-order valence-corrected chi connectivity index (χ3v) is 2.58. The molecule has 0 atom stereocenters. The van der Waals surface area contributed by atoms with E-state index in [1.807, 2.05) is 0 Å². The van der Waals surface area contributed by atoms with E-state index < -0.39 is 24.1 Å². The molecule has 2 aromatic rings. The highest BCUT2D eigenvalue weighted by Crippen LogP contribution is 2.21. The molecule has 0 saturated carbocycles. The van der Waals surface area contributed by atoms with Crippen LogP contribution >= 0.6 is 0 Å². The Morgan fingerprint density at radius 2 is 1.53 bits per heavy atom. The maximum absolute atomic E-state index is 13.4. The van der Waals surface area contributed by atoms with Gasteiger partial charge in [-0.2, -0.15) is 0 Å². The Morgan fingerprint density at radius 3 is 2.21 bits per heavy atom. The van der Waals surface area contributed by atoms with Crippen molar-refractivity contribution in [2.45, 2.75) is 13.2 Å². The molecule has 0 aromatic heterocycles. The average Bonchev–Trinajstić information content (AvgIpc) is 2.40. The number of aliphatic hydroxyl groups excluding tert-OH is 1. The molecule has 2 aromatic carbocycles. The first kappa shape index (κ1) is 13.4. The Bertz CT molecular complexity index is 585. The zero-order valence-electron chi connectivity index (χ0n) is 9.87. The van der Waals surface area contributed by atoms with E-state index in [-0.39, 0.29) is 23.5 Å². The highest BCUT2D eigenvalue weighted by atomic mass is 19.1. The first-order chi connectivity index (χ1) is 9.10. The normalized spacial score (nSPS) is 10.5. The number of halogens is 3. The van der Waals surface area contributed by atoms with Crippen molar-refractivity contribution in [2.75, 3.05) is 0 Å². The van der Waals surface area contributed by atoms with Crippen LogP contribution in [0.5, 0.6) is 5.75 Å². The molecule has 100 valence electrons. The first-order valence-electron chi connectivity index (χ1n) is 5.56. The SMILES string of the molecule is OCc1cc(F)ccc1OCc1cc(F)ccc1F. The van der Waals surface area contributed by atoms with Gasteiger partial charge in [-0.05, 0) is 36.4 Å². The monoisotopic (exact) mass is 268 g/mol. The molecule has 0 aliphatic carbocycles. The van der Waals surface area contributed by atoms with Crippen LogP contribution in [0, 0.1) is 17.5 Å². The zero-order valence-corrected chi connectivity index (χ0v) is 9.87. The van der Waals surface area contributed by atoms with Gasteiger partial charge in [0, 0.05) is 11.1 Å². The number of aliphatic hydroxyl groups is 1. The maximum Gasteiger partial charge on any atom is 0.130 e. The summed E-state index contributed by atoms with van der Waals surface area (Å²) in [4.78, 5) is 0. The quantitative estimate of drug-likeness (QED) is 0.922. The molecule has 2 rings (SSSR count). The van der Waals surface area contributed by atoms with Gasteiger partial charge in [0.25, 0.3) is 0 Å². The van der Waals surface area contributed by atoms with E-state index in [1.165, 1.54) is 6.07 Å². The van der Waals surface area contributed by atoms with Crippen molar-refractivity contribution in [3.05, 3.63) is 65.0 Å². The third-order valence-electron chi connectivity index (χ3n) is 2.58. The lowest BCUT2D eigenvalue weighted by Crippen LogP contribution is -2.02. The number of hydrogen-bond donors (Lipinski definition) is 1. The van der Waals surface area contributed by atoms with Crippen LogP contribution in [-0.2, 0) is 13.2 Å². The molecule has 0 fully saturated rings. The molecular formula is C14H11F3O2. The summed E-state index contributed by atoms with van der Waals surface area (Å²) < 4.78 is 44.5. The minimum atomic E-state index is -0.589. The fourth-order valence-corrected chi connectivity index (χ4v) is 1.62. The molecule has 1 N–H and O–H groups in total. The van der Waals surface area contributed by atoms with E-state index in [2.05, 4.69) is 0 Å². The minimum absolute atomic E-state index is 0.0493. The standard InChI is InChI=1S/C14H11F3O2/c15-11-1-3-13(17)10(6-11)8-19-14-4-2-12(16)5-9(14)7-18/h1-6,18H,7-8H2. The summed E-state index contributed by atoms with van der Waals surface area (Å²) in [5.41, 5.74) is 0.296. The summed E-state index contributed by atoms with van der Waals surface area (Å²) in [6.45, 7) is -0.610. The van der Waals surface area contributed by atoms with Crippen molar-refractivity contribution >= 4 is 0 Å². The average molecular weight is 268 g/mol. The Balaban J connectivity index is 2.16. The van der Waals surface area contributed by atoms with Gasteiger partial charge in [-0.25, -0.2) is 13.2 Å². The minimum Gasteiger partial charge on any atom is -0.488 e. The molecule has 0 spiro atoms.